The van der Waals surface area contributed by atoms with Crippen molar-refractivity contribution in [2.75, 3.05) is 34.2 Å². The predicted molar refractivity (Wildman–Crippen MR) is 108 cm³/mol. The second-order valence-electron chi connectivity index (χ2n) is 10.1. The smallest absolute Gasteiger partial charge is 0.318 e. The van der Waals surface area contributed by atoms with Crippen LogP contribution in [-0.2, 0) is 33.3 Å². The van der Waals surface area contributed by atoms with Crippen LogP contribution in [0.4, 0.5) is 0 Å². The standard InChI is InChI=1S/C23H32O9/c1-20(19(27)29-3)15(24)5-4-13-14-6-7-22(32-12-28-2)10-21(14,17(16(13)20)18(25)26)11-23(22)30-8-9-31-23/h14-15,17,24H,4-12H2,1-3H3,(H,25,26)/t14-,15+,17-,20+,21+,22-/m0/s1. The number of allylic oxidation sites excluding steroid dienone is 1. The highest BCUT2D eigenvalue weighted by molar-refractivity contribution is 5.87. The first-order valence-electron chi connectivity index (χ1n) is 11.3. The Morgan fingerprint density at radius 2 is 1.88 bits per heavy atom. The van der Waals surface area contributed by atoms with E-state index in [1.165, 1.54) is 7.11 Å². The zero-order valence-electron chi connectivity index (χ0n) is 18.8. The number of carboxylic acid groups (broad SMARTS) is 1. The van der Waals surface area contributed by atoms with E-state index in [2.05, 4.69) is 0 Å². The fourth-order valence-electron chi connectivity index (χ4n) is 7.86. The van der Waals surface area contributed by atoms with Crippen molar-refractivity contribution in [3.8, 4) is 0 Å². The van der Waals surface area contributed by atoms with Crippen LogP contribution < -0.4 is 0 Å². The van der Waals surface area contributed by atoms with Crippen LogP contribution in [0.2, 0.25) is 0 Å². The second-order valence-corrected chi connectivity index (χ2v) is 10.1. The average Bonchev–Trinajstić information content (AvgIpc) is 3.41. The lowest BCUT2D eigenvalue weighted by molar-refractivity contribution is -0.289. The minimum atomic E-state index is -1.40. The largest absolute Gasteiger partial charge is 0.481 e. The highest BCUT2D eigenvalue weighted by Gasteiger charge is 2.78. The molecule has 0 unspecified atom stereocenters. The summed E-state index contributed by atoms with van der Waals surface area (Å²) in [5.41, 5.74) is -1.44. The van der Waals surface area contributed by atoms with Crippen molar-refractivity contribution in [3.05, 3.63) is 11.1 Å². The normalized spacial score (nSPS) is 43.9. The average molecular weight is 453 g/mol. The molecule has 1 saturated heterocycles. The highest BCUT2D eigenvalue weighted by atomic mass is 16.8. The lowest BCUT2D eigenvalue weighted by Gasteiger charge is -2.45. The third-order valence-electron chi connectivity index (χ3n) is 9.01. The molecule has 6 atom stereocenters. The number of carboxylic acids is 1. The molecular formula is C23H32O9. The number of carbonyl (C=O) groups is 2. The summed E-state index contributed by atoms with van der Waals surface area (Å²) in [6, 6.07) is 0. The van der Waals surface area contributed by atoms with Crippen molar-refractivity contribution in [1.29, 1.82) is 0 Å². The third kappa shape index (κ3) is 2.51. The fraction of sp³-hybridized carbons (Fsp3) is 0.826. The van der Waals surface area contributed by atoms with Crippen LogP contribution in [0.15, 0.2) is 11.1 Å². The molecule has 9 heteroatoms. The molecule has 32 heavy (non-hydrogen) atoms. The number of fused-ring (bicyclic) bond motifs is 3. The zero-order valence-corrected chi connectivity index (χ0v) is 18.8. The van der Waals surface area contributed by atoms with Crippen LogP contribution in [0.3, 0.4) is 0 Å². The molecule has 0 radical (unpaired) electrons. The maximum Gasteiger partial charge on any atom is 0.318 e. The Morgan fingerprint density at radius 3 is 2.50 bits per heavy atom. The summed E-state index contributed by atoms with van der Waals surface area (Å²) >= 11 is 0. The summed E-state index contributed by atoms with van der Waals surface area (Å²) in [5.74, 6) is -3.63. The maximum atomic E-state index is 13.0. The van der Waals surface area contributed by atoms with E-state index >= 15 is 0 Å². The molecule has 3 fully saturated rings. The van der Waals surface area contributed by atoms with Crippen LogP contribution >= 0.6 is 0 Å². The minimum absolute atomic E-state index is 0.0403. The highest BCUT2D eigenvalue weighted by Crippen LogP contribution is 2.74. The van der Waals surface area contributed by atoms with Gasteiger partial charge in [0.1, 0.15) is 17.8 Å². The van der Waals surface area contributed by atoms with E-state index in [0.29, 0.717) is 57.3 Å². The monoisotopic (exact) mass is 452 g/mol. The summed E-state index contributed by atoms with van der Waals surface area (Å²) in [7, 11) is 2.83. The number of aliphatic hydroxyl groups is 1. The molecule has 0 aromatic heterocycles. The molecule has 0 aromatic rings. The summed E-state index contributed by atoms with van der Waals surface area (Å²) in [6.45, 7) is 2.52. The molecule has 0 amide bonds. The van der Waals surface area contributed by atoms with E-state index in [1.807, 2.05) is 0 Å². The van der Waals surface area contributed by atoms with Gasteiger partial charge in [-0.1, -0.05) is 5.57 Å². The summed E-state index contributed by atoms with van der Waals surface area (Å²) in [6.07, 6.45) is 2.11. The lowest BCUT2D eigenvalue weighted by atomic mass is 9.61. The van der Waals surface area contributed by atoms with Crippen molar-refractivity contribution in [3.63, 3.8) is 0 Å². The molecule has 4 aliphatic carbocycles. The summed E-state index contributed by atoms with van der Waals surface area (Å²) in [5, 5.41) is 21.5. The number of carbonyl (C=O) groups excluding carboxylic acids is 1. The van der Waals surface area contributed by atoms with Gasteiger partial charge in [0.05, 0.1) is 32.3 Å². The van der Waals surface area contributed by atoms with Crippen LogP contribution in [0.25, 0.3) is 0 Å². The van der Waals surface area contributed by atoms with Crippen LogP contribution in [0.1, 0.15) is 45.4 Å². The van der Waals surface area contributed by atoms with Crippen LogP contribution in [0.5, 0.6) is 0 Å². The molecule has 2 bridgehead atoms. The molecule has 5 rings (SSSR count). The van der Waals surface area contributed by atoms with Gasteiger partial charge in [-0.3, -0.25) is 9.59 Å². The van der Waals surface area contributed by atoms with E-state index in [4.69, 9.17) is 23.7 Å². The third-order valence-corrected chi connectivity index (χ3v) is 9.01. The van der Waals surface area contributed by atoms with Gasteiger partial charge in [-0.2, -0.15) is 0 Å². The number of rotatable bonds is 5. The molecule has 0 aromatic carbocycles. The first-order valence-corrected chi connectivity index (χ1v) is 11.3. The van der Waals surface area contributed by atoms with Crippen molar-refractivity contribution in [2.24, 2.45) is 22.7 Å². The van der Waals surface area contributed by atoms with Gasteiger partial charge in [-0.05, 0) is 50.5 Å². The van der Waals surface area contributed by atoms with Crippen molar-refractivity contribution < 1.29 is 43.5 Å². The van der Waals surface area contributed by atoms with Crippen molar-refractivity contribution in [2.45, 2.75) is 62.9 Å². The number of esters is 1. The molecule has 1 aliphatic heterocycles. The Labute approximate surface area is 187 Å². The topological polar surface area (TPSA) is 121 Å². The van der Waals surface area contributed by atoms with Crippen molar-refractivity contribution in [1.82, 2.24) is 0 Å². The van der Waals surface area contributed by atoms with E-state index in [-0.39, 0.29) is 12.7 Å². The molecule has 178 valence electrons. The van der Waals surface area contributed by atoms with Gasteiger partial charge in [0, 0.05) is 18.9 Å². The van der Waals surface area contributed by atoms with Crippen LogP contribution in [0, 0.1) is 22.7 Å². The Morgan fingerprint density at radius 1 is 1.16 bits per heavy atom. The first kappa shape index (κ1) is 22.3. The van der Waals surface area contributed by atoms with Gasteiger partial charge >= 0.3 is 11.9 Å². The van der Waals surface area contributed by atoms with Crippen LogP contribution in [-0.4, -0.2) is 73.9 Å². The van der Waals surface area contributed by atoms with Gasteiger partial charge in [-0.25, -0.2) is 0 Å². The molecule has 5 aliphatic rings. The summed E-state index contributed by atoms with van der Waals surface area (Å²) < 4.78 is 28.9. The molecule has 9 nitrogen and oxygen atoms in total. The quantitative estimate of drug-likeness (QED) is 0.364. The van der Waals surface area contributed by atoms with Crippen molar-refractivity contribution >= 4 is 11.9 Å². The van der Waals surface area contributed by atoms with Gasteiger partial charge in [0.25, 0.3) is 0 Å². The van der Waals surface area contributed by atoms with Gasteiger partial charge in [-0.15, -0.1) is 0 Å². The molecule has 2 saturated carbocycles. The number of aliphatic hydroxyl groups excluding tert-OH is 1. The van der Waals surface area contributed by atoms with E-state index in [9.17, 15) is 19.8 Å². The Balaban J connectivity index is 1.67. The van der Waals surface area contributed by atoms with Gasteiger partial charge in [0.15, 0.2) is 5.79 Å². The minimum Gasteiger partial charge on any atom is -0.481 e. The van der Waals surface area contributed by atoms with Gasteiger partial charge < -0.3 is 33.9 Å². The Bertz CT molecular complexity index is 862. The SMILES string of the molecule is COCO[C@]12CC[C@H]3C4=C([C@@H](C(=O)O)[C@@]3(CC13OCCO3)C2)[C@](C)(C(=O)OC)[C@H](O)CC4. The molecule has 2 spiro atoms. The predicted octanol–water partition coefficient (Wildman–Crippen LogP) is 1.62. The lowest BCUT2D eigenvalue weighted by Crippen LogP contribution is -2.54. The molecular weight excluding hydrogens is 420 g/mol. The van der Waals surface area contributed by atoms with E-state index in [0.717, 1.165) is 5.57 Å². The molecule has 1 heterocycles. The Kier molecular flexibility index (Phi) is 5.04. The maximum absolute atomic E-state index is 13.0. The number of hydrogen-bond acceptors (Lipinski definition) is 8. The van der Waals surface area contributed by atoms with E-state index in [1.54, 1.807) is 14.0 Å². The Hall–Kier alpha value is -1.52. The molecule has 2 N–H and O–H groups in total. The first-order chi connectivity index (χ1) is 15.2. The fourth-order valence-corrected chi connectivity index (χ4v) is 7.86. The number of ether oxygens (including phenoxy) is 5. The number of aliphatic carboxylic acids is 1. The van der Waals surface area contributed by atoms with Gasteiger partial charge in [0.2, 0.25) is 0 Å². The number of methoxy groups -OCH3 is 2. The zero-order chi connectivity index (χ0) is 22.9. The summed E-state index contributed by atoms with van der Waals surface area (Å²) in [4.78, 5) is 25.9. The number of hydrogen-bond donors (Lipinski definition) is 2. The van der Waals surface area contributed by atoms with E-state index < -0.39 is 46.2 Å². The second kappa shape index (κ2) is 7.24.